The maximum Gasteiger partial charge on any atom is 0.251 e. The van der Waals surface area contributed by atoms with E-state index in [0.29, 0.717) is 22.2 Å². The standard InChI is InChI=1S/C19H18Cl2N2O2/c1-11(13-3-5-16(20)17(21)10-13)22-19(25)15-4-6-18-14(9-15)7-8-23(18)12(2)24/h3-6,9-11H,7-8H2,1-2H3,(H,22,25). The van der Waals surface area contributed by atoms with Gasteiger partial charge in [0.15, 0.2) is 0 Å². The Morgan fingerprint density at radius 3 is 2.56 bits per heavy atom. The Kier molecular flexibility index (Phi) is 5.02. The van der Waals surface area contributed by atoms with Crippen LogP contribution < -0.4 is 10.2 Å². The third-order valence-electron chi connectivity index (χ3n) is 4.41. The average molecular weight is 377 g/mol. The van der Waals surface area contributed by atoms with Crippen LogP contribution in [-0.4, -0.2) is 18.4 Å². The van der Waals surface area contributed by atoms with E-state index in [2.05, 4.69) is 5.32 Å². The Labute approximate surface area is 156 Å². The SMILES string of the molecule is CC(=O)N1CCc2cc(C(=O)NC(C)c3ccc(Cl)c(Cl)c3)ccc21. The minimum Gasteiger partial charge on any atom is -0.346 e. The maximum atomic E-state index is 12.5. The molecule has 0 bridgehead atoms. The Hall–Kier alpha value is -2.04. The number of amides is 2. The molecule has 2 aromatic rings. The number of fused-ring (bicyclic) bond motifs is 1. The molecule has 2 aromatic carbocycles. The van der Waals surface area contributed by atoms with E-state index in [-0.39, 0.29) is 17.9 Å². The summed E-state index contributed by atoms with van der Waals surface area (Å²) in [4.78, 5) is 25.9. The van der Waals surface area contributed by atoms with E-state index in [0.717, 1.165) is 23.2 Å². The summed E-state index contributed by atoms with van der Waals surface area (Å²) in [5, 5.41) is 3.91. The first-order valence-electron chi connectivity index (χ1n) is 8.03. The fraction of sp³-hybridized carbons (Fsp3) is 0.263. The number of nitrogens with zero attached hydrogens (tertiary/aromatic N) is 1. The van der Waals surface area contributed by atoms with Gasteiger partial charge in [-0.3, -0.25) is 9.59 Å². The normalized spacial score (nSPS) is 14.2. The lowest BCUT2D eigenvalue weighted by molar-refractivity contribution is -0.116. The molecule has 0 spiro atoms. The second kappa shape index (κ2) is 7.06. The number of carbonyl (C=O) groups is 2. The molecule has 0 fully saturated rings. The minimum absolute atomic E-state index is 0.0178. The van der Waals surface area contributed by atoms with E-state index in [1.165, 1.54) is 0 Å². The Morgan fingerprint density at radius 2 is 1.88 bits per heavy atom. The number of rotatable bonds is 3. The number of anilines is 1. The third kappa shape index (κ3) is 3.65. The lowest BCUT2D eigenvalue weighted by Crippen LogP contribution is -2.27. The van der Waals surface area contributed by atoms with Gasteiger partial charge in [0.2, 0.25) is 5.91 Å². The molecule has 1 heterocycles. The predicted molar refractivity (Wildman–Crippen MR) is 101 cm³/mol. The Bertz CT molecular complexity index is 851. The minimum atomic E-state index is -0.204. The van der Waals surface area contributed by atoms with Crippen LogP contribution in [0.3, 0.4) is 0 Å². The number of hydrogen-bond acceptors (Lipinski definition) is 2. The van der Waals surface area contributed by atoms with Crippen LogP contribution in [-0.2, 0) is 11.2 Å². The smallest absolute Gasteiger partial charge is 0.251 e. The van der Waals surface area contributed by atoms with Gasteiger partial charge in [-0.05, 0) is 54.8 Å². The molecule has 1 N–H and O–H groups in total. The van der Waals surface area contributed by atoms with Crippen LogP contribution in [0.25, 0.3) is 0 Å². The molecule has 0 saturated heterocycles. The summed E-state index contributed by atoms with van der Waals surface area (Å²) < 4.78 is 0. The van der Waals surface area contributed by atoms with Crippen molar-refractivity contribution >= 4 is 40.7 Å². The third-order valence-corrected chi connectivity index (χ3v) is 5.15. The first-order valence-corrected chi connectivity index (χ1v) is 8.79. The fourth-order valence-electron chi connectivity index (χ4n) is 3.02. The molecule has 4 nitrogen and oxygen atoms in total. The van der Waals surface area contributed by atoms with Crippen molar-refractivity contribution in [3.05, 3.63) is 63.1 Å². The van der Waals surface area contributed by atoms with Crippen molar-refractivity contribution < 1.29 is 9.59 Å². The van der Waals surface area contributed by atoms with Gasteiger partial charge in [-0.2, -0.15) is 0 Å². The molecule has 25 heavy (non-hydrogen) atoms. The van der Waals surface area contributed by atoms with Crippen LogP contribution in [0.1, 0.15) is 41.4 Å². The van der Waals surface area contributed by atoms with Gasteiger partial charge < -0.3 is 10.2 Å². The quantitative estimate of drug-likeness (QED) is 0.862. The zero-order chi connectivity index (χ0) is 18.1. The molecule has 0 aromatic heterocycles. The van der Waals surface area contributed by atoms with E-state index < -0.39 is 0 Å². The topological polar surface area (TPSA) is 49.4 Å². The molecule has 130 valence electrons. The van der Waals surface area contributed by atoms with Crippen LogP contribution in [0.15, 0.2) is 36.4 Å². The highest BCUT2D eigenvalue weighted by molar-refractivity contribution is 6.42. The van der Waals surface area contributed by atoms with Crippen molar-refractivity contribution in [2.24, 2.45) is 0 Å². The van der Waals surface area contributed by atoms with E-state index in [1.54, 1.807) is 30.0 Å². The van der Waals surface area contributed by atoms with Gasteiger partial charge in [-0.1, -0.05) is 29.3 Å². The maximum absolute atomic E-state index is 12.5. The number of hydrogen-bond donors (Lipinski definition) is 1. The van der Waals surface area contributed by atoms with Gasteiger partial charge in [0, 0.05) is 24.7 Å². The van der Waals surface area contributed by atoms with Gasteiger partial charge in [0.05, 0.1) is 16.1 Å². The van der Waals surface area contributed by atoms with Crippen LogP contribution in [0.5, 0.6) is 0 Å². The zero-order valence-electron chi connectivity index (χ0n) is 14.0. The van der Waals surface area contributed by atoms with Crippen molar-refractivity contribution in [3.8, 4) is 0 Å². The summed E-state index contributed by atoms with van der Waals surface area (Å²) in [6.45, 7) is 4.10. The van der Waals surface area contributed by atoms with Crippen molar-refractivity contribution in [1.29, 1.82) is 0 Å². The van der Waals surface area contributed by atoms with Gasteiger partial charge in [-0.15, -0.1) is 0 Å². The number of halogens is 2. The molecule has 0 radical (unpaired) electrons. The highest BCUT2D eigenvalue weighted by Gasteiger charge is 2.23. The second-order valence-electron chi connectivity index (χ2n) is 6.13. The number of nitrogens with one attached hydrogen (secondary N) is 1. The highest BCUT2D eigenvalue weighted by atomic mass is 35.5. The van der Waals surface area contributed by atoms with Gasteiger partial charge in [-0.25, -0.2) is 0 Å². The summed E-state index contributed by atoms with van der Waals surface area (Å²) in [6, 6.07) is 10.5. The van der Waals surface area contributed by atoms with Crippen molar-refractivity contribution in [3.63, 3.8) is 0 Å². The molecule has 3 rings (SSSR count). The number of carbonyl (C=O) groups excluding carboxylic acids is 2. The average Bonchev–Trinajstić information content (AvgIpc) is 3.00. The summed E-state index contributed by atoms with van der Waals surface area (Å²) >= 11 is 12.0. The molecule has 1 aliphatic heterocycles. The second-order valence-corrected chi connectivity index (χ2v) is 6.95. The van der Waals surface area contributed by atoms with Gasteiger partial charge in [0.25, 0.3) is 5.91 Å². The predicted octanol–water partition coefficient (Wildman–Crippen LogP) is 4.39. The van der Waals surface area contributed by atoms with Crippen LogP contribution in [0.4, 0.5) is 5.69 Å². The van der Waals surface area contributed by atoms with Crippen LogP contribution in [0.2, 0.25) is 10.0 Å². The van der Waals surface area contributed by atoms with Gasteiger partial charge in [0.1, 0.15) is 0 Å². The van der Waals surface area contributed by atoms with E-state index in [9.17, 15) is 9.59 Å². The van der Waals surface area contributed by atoms with Gasteiger partial charge >= 0.3 is 0 Å². The summed E-state index contributed by atoms with van der Waals surface area (Å²) in [6.07, 6.45) is 0.762. The monoisotopic (exact) mass is 376 g/mol. The Morgan fingerprint density at radius 1 is 1.12 bits per heavy atom. The lowest BCUT2D eigenvalue weighted by atomic mass is 10.1. The van der Waals surface area contributed by atoms with Crippen molar-refractivity contribution in [2.45, 2.75) is 26.3 Å². The van der Waals surface area contributed by atoms with Crippen molar-refractivity contribution in [2.75, 3.05) is 11.4 Å². The molecular formula is C19H18Cl2N2O2. The molecule has 2 amide bonds. The first-order chi connectivity index (χ1) is 11.9. The molecule has 6 heteroatoms. The summed E-state index contributed by atoms with van der Waals surface area (Å²) in [5.74, 6) is -0.146. The van der Waals surface area contributed by atoms with Crippen molar-refractivity contribution in [1.82, 2.24) is 5.32 Å². The molecule has 1 aliphatic rings. The fourth-order valence-corrected chi connectivity index (χ4v) is 3.32. The molecular weight excluding hydrogens is 359 g/mol. The summed E-state index contributed by atoms with van der Waals surface area (Å²) in [5.41, 5.74) is 3.37. The Balaban J connectivity index is 1.75. The summed E-state index contributed by atoms with van der Waals surface area (Å²) in [7, 11) is 0. The molecule has 0 aliphatic carbocycles. The molecule has 0 saturated carbocycles. The molecule has 1 atom stereocenters. The van der Waals surface area contributed by atoms with E-state index in [1.807, 2.05) is 25.1 Å². The van der Waals surface area contributed by atoms with Crippen LogP contribution >= 0.6 is 23.2 Å². The van der Waals surface area contributed by atoms with E-state index >= 15 is 0 Å². The first kappa shape index (κ1) is 17.8. The molecule has 1 unspecified atom stereocenters. The largest absolute Gasteiger partial charge is 0.346 e. The zero-order valence-corrected chi connectivity index (χ0v) is 15.5. The lowest BCUT2D eigenvalue weighted by Gasteiger charge is -2.17. The highest BCUT2D eigenvalue weighted by Crippen LogP contribution is 2.29. The number of benzene rings is 2. The van der Waals surface area contributed by atoms with E-state index in [4.69, 9.17) is 23.2 Å². The van der Waals surface area contributed by atoms with Crippen LogP contribution in [0, 0.1) is 0 Å².